The highest BCUT2D eigenvalue weighted by Gasteiger charge is 2.09. The first-order valence-corrected chi connectivity index (χ1v) is 6.60. The summed E-state index contributed by atoms with van der Waals surface area (Å²) in [6, 6.07) is 1.93. The number of nitrogens with zero attached hydrogens (tertiary/aromatic N) is 3. The largest absolute Gasteiger partial charge is 0.395 e. The molecule has 0 aromatic carbocycles. The molecule has 1 aromatic rings. The molecule has 0 atom stereocenters. The van der Waals surface area contributed by atoms with Crippen molar-refractivity contribution in [2.45, 2.75) is 20.4 Å². The van der Waals surface area contributed by atoms with Gasteiger partial charge in [-0.1, -0.05) is 0 Å². The molecule has 0 unspecified atom stereocenters. The Bertz CT molecular complexity index is 374. The topological polar surface area (TPSA) is 70.5 Å². The van der Waals surface area contributed by atoms with Crippen LogP contribution in [0.3, 0.4) is 0 Å². The summed E-state index contributed by atoms with van der Waals surface area (Å²) in [6.07, 6.45) is 0. The van der Waals surface area contributed by atoms with E-state index in [1.807, 2.05) is 19.9 Å². The zero-order chi connectivity index (χ0) is 14.1. The smallest absolute Gasteiger partial charge is 0.144 e. The highest BCUT2D eigenvalue weighted by molar-refractivity contribution is 5.35. The van der Waals surface area contributed by atoms with Crippen LogP contribution in [0.5, 0.6) is 0 Å². The van der Waals surface area contributed by atoms with Crippen LogP contribution < -0.4 is 5.32 Å². The van der Waals surface area contributed by atoms with Crippen LogP contribution in [0.15, 0.2) is 6.07 Å². The minimum absolute atomic E-state index is 0.121. The molecule has 6 nitrogen and oxygen atoms in total. The third kappa shape index (κ3) is 5.96. The Labute approximate surface area is 114 Å². The van der Waals surface area contributed by atoms with Gasteiger partial charge in [-0.2, -0.15) is 0 Å². The molecule has 0 aliphatic heterocycles. The number of aliphatic hydroxyl groups excluding tert-OH is 1. The first-order valence-electron chi connectivity index (χ1n) is 6.60. The molecule has 6 heteroatoms. The molecule has 0 radical (unpaired) electrons. The Hall–Kier alpha value is -1.24. The predicted octanol–water partition coefficient (Wildman–Crippen LogP) is 0.658. The number of rotatable bonds is 9. The van der Waals surface area contributed by atoms with Crippen molar-refractivity contribution < 1.29 is 9.84 Å². The highest BCUT2D eigenvalue weighted by atomic mass is 16.5. The second-order valence-corrected chi connectivity index (χ2v) is 4.33. The summed E-state index contributed by atoms with van der Waals surface area (Å²) in [5.41, 5.74) is 0.941. The van der Waals surface area contributed by atoms with Gasteiger partial charge in [-0.05, 0) is 13.8 Å². The summed E-state index contributed by atoms with van der Waals surface area (Å²) in [5.74, 6) is 1.61. The van der Waals surface area contributed by atoms with Crippen LogP contribution in [0.1, 0.15) is 18.4 Å². The molecule has 108 valence electrons. The van der Waals surface area contributed by atoms with Crippen LogP contribution in [0.2, 0.25) is 0 Å². The van der Waals surface area contributed by atoms with Gasteiger partial charge in [-0.15, -0.1) is 0 Å². The maximum absolute atomic E-state index is 9.07. The lowest BCUT2D eigenvalue weighted by Gasteiger charge is -2.20. The Morgan fingerprint density at radius 1 is 1.37 bits per heavy atom. The predicted molar refractivity (Wildman–Crippen MR) is 75.2 cm³/mol. The fraction of sp³-hybridized carbons (Fsp3) is 0.692. The van der Waals surface area contributed by atoms with E-state index in [0.29, 0.717) is 19.7 Å². The van der Waals surface area contributed by atoms with Crippen LogP contribution in [-0.4, -0.2) is 59.9 Å². The standard InChI is InChI=1S/C13H24N4O2/c1-4-14-12-9-11(2)15-13(16-12)10-17(5-7-18)6-8-19-3/h9,18H,4-8,10H2,1-3H3,(H,14,15,16). The molecule has 0 fully saturated rings. The molecule has 0 spiro atoms. The van der Waals surface area contributed by atoms with Crippen molar-refractivity contribution in [3.05, 3.63) is 17.6 Å². The fourth-order valence-electron chi connectivity index (χ4n) is 1.80. The number of aryl methyl sites for hydroxylation is 1. The van der Waals surface area contributed by atoms with Crippen LogP contribution in [-0.2, 0) is 11.3 Å². The number of hydrogen-bond acceptors (Lipinski definition) is 6. The summed E-state index contributed by atoms with van der Waals surface area (Å²) in [5, 5.41) is 12.3. The zero-order valence-electron chi connectivity index (χ0n) is 12.0. The number of aromatic nitrogens is 2. The lowest BCUT2D eigenvalue weighted by Crippen LogP contribution is -2.30. The SMILES string of the molecule is CCNc1cc(C)nc(CN(CCO)CCOC)n1. The number of nitrogens with one attached hydrogen (secondary N) is 1. The van der Waals surface area contributed by atoms with Crippen molar-refractivity contribution in [2.75, 3.05) is 45.3 Å². The number of ether oxygens (including phenoxy) is 1. The average Bonchev–Trinajstić information content (AvgIpc) is 2.36. The van der Waals surface area contributed by atoms with Crippen molar-refractivity contribution in [1.82, 2.24) is 14.9 Å². The maximum Gasteiger partial charge on any atom is 0.144 e. The van der Waals surface area contributed by atoms with E-state index >= 15 is 0 Å². The van der Waals surface area contributed by atoms with E-state index in [1.165, 1.54) is 0 Å². The fourth-order valence-corrected chi connectivity index (χ4v) is 1.80. The minimum atomic E-state index is 0.121. The highest BCUT2D eigenvalue weighted by Crippen LogP contribution is 2.08. The molecule has 0 bridgehead atoms. The molecule has 0 saturated heterocycles. The normalized spacial score (nSPS) is 11.0. The van der Waals surface area contributed by atoms with Crippen LogP contribution in [0.4, 0.5) is 5.82 Å². The molecule has 0 aliphatic carbocycles. The van der Waals surface area contributed by atoms with E-state index < -0.39 is 0 Å². The van der Waals surface area contributed by atoms with Gasteiger partial charge >= 0.3 is 0 Å². The van der Waals surface area contributed by atoms with E-state index in [1.54, 1.807) is 7.11 Å². The van der Waals surface area contributed by atoms with Gasteiger partial charge < -0.3 is 15.2 Å². The minimum Gasteiger partial charge on any atom is -0.395 e. The van der Waals surface area contributed by atoms with Gasteiger partial charge in [-0.25, -0.2) is 9.97 Å². The summed E-state index contributed by atoms with van der Waals surface area (Å²) < 4.78 is 5.07. The Morgan fingerprint density at radius 2 is 2.16 bits per heavy atom. The molecule has 2 N–H and O–H groups in total. The maximum atomic E-state index is 9.07. The third-order valence-corrected chi connectivity index (χ3v) is 2.65. The lowest BCUT2D eigenvalue weighted by molar-refractivity contribution is 0.125. The van der Waals surface area contributed by atoms with Gasteiger partial charge in [0.15, 0.2) is 0 Å². The Morgan fingerprint density at radius 3 is 2.79 bits per heavy atom. The molecule has 19 heavy (non-hydrogen) atoms. The average molecular weight is 268 g/mol. The molecular weight excluding hydrogens is 244 g/mol. The summed E-state index contributed by atoms with van der Waals surface area (Å²) in [4.78, 5) is 11.0. The van der Waals surface area contributed by atoms with Crippen LogP contribution in [0, 0.1) is 6.92 Å². The van der Waals surface area contributed by atoms with Crippen LogP contribution in [0.25, 0.3) is 0 Å². The summed E-state index contributed by atoms with van der Waals surface area (Å²) >= 11 is 0. The van der Waals surface area contributed by atoms with E-state index in [9.17, 15) is 0 Å². The molecule has 0 saturated carbocycles. The third-order valence-electron chi connectivity index (χ3n) is 2.65. The number of hydrogen-bond donors (Lipinski definition) is 2. The quantitative estimate of drug-likeness (QED) is 0.685. The van der Waals surface area contributed by atoms with Gasteiger partial charge in [-0.3, -0.25) is 4.90 Å². The van der Waals surface area contributed by atoms with Crippen molar-refractivity contribution in [1.29, 1.82) is 0 Å². The molecule has 1 aromatic heterocycles. The Balaban J connectivity index is 2.71. The van der Waals surface area contributed by atoms with E-state index in [4.69, 9.17) is 9.84 Å². The molecule has 1 heterocycles. The van der Waals surface area contributed by atoms with E-state index in [0.717, 1.165) is 30.4 Å². The zero-order valence-corrected chi connectivity index (χ0v) is 12.0. The van der Waals surface area contributed by atoms with Gasteiger partial charge in [0.2, 0.25) is 0 Å². The van der Waals surface area contributed by atoms with Crippen molar-refractivity contribution >= 4 is 5.82 Å². The Kier molecular flexibility index (Phi) is 7.32. The number of anilines is 1. The number of aliphatic hydroxyl groups is 1. The van der Waals surface area contributed by atoms with Gasteiger partial charge in [0, 0.05) is 38.5 Å². The van der Waals surface area contributed by atoms with Crippen molar-refractivity contribution in [3.63, 3.8) is 0 Å². The summed E-state index contributed by atoms with van der Waals surface area (Å²) in [6.45, 7) is 7.54. The second-order valence-electron chi connectivity index (χ2n) is 4.33. The molecule has 0 amide bonds. The second kappa shape index (κ2) is 8.79. The van der Waals surface area contributed by atoms with E-state index in [2.05, 4.69) is 20.2 Å². The molecule has 0 aliphatic rings. The van der Waals surface area contributed by atoms with Gasteiger partial charge in [0.25, 0.3) is 0 Å². The first-order chi connectivity index (χ1) is 9.19. The monoisotopic (exact) mass is 268 g/mol. The molecule has 1 rings (SSSR count). The first kappa shape index (κ1) is 15.8. The number of methoxy groups -OCH3 is 1. The van der Waals surface area contributed by atoms with Gasteiger partial charge in [0.1, 0.15) is 11.6 Å². The van der Waals surface area contributed by atoms with Crippen molar-refractivity contribution in [3.8, 4) is 0 Å². The van der Waals surface area contributed by atoms with Gasteiger partial charge in [0.05, 0.1) is 19.8 Å². The van der Waals surface area contributed by atoms with Crippen LogP contribution >= 0.6 is 0 Å². The van der Waals surface area contributed by atoms with Crippen molar-refractivity contribution in [2.24, 2.45) is 0 Å². The summed E-state index contributed by atoms with van der Waals surface area (Å²) in [7, 11) is 1.67. The molecular formula is C13H24N4O2. The van der Waals surface area contributed by atoms with E-state index in [-0.39, 0.29) is 6.61 Å². The lowest BCUT2D eigenvalue weighted by atomic mass is 10.3.